The van der Waals surface area contributed by atoms with Crippen LogP contribution < -0.4 is 16.6 Å². The summed E-state index contributed by atoms with van der Waals surface area (Å²) in [5.74, 6) is -3.28. The molecule has 0 bridgehead atoms. The van der Waals surface area contributed by atoms with E-state index in [0.717, 1.165) is 0 Å². The summed E-state index contributed by atoms with van der Waals surface area (Å²) in [6, 6.07) is 8.74. The first kappa shape index (κ1) is 20.4. The number of nitrogen functional groups attached to an aromatic ring is 1. The molecule has 0 fully saturated rings. The van der Waals surface area contributed by atoms with E-state index in [9.17, 15) is 13.6 Å². The summed E-state index contributed by atoms with van der Waals surface area (Å²) in [5, 5.41) is 2.52. The number of nitrogens with two attached hydrogens (primary N) is 1. The summed E-state index contributed by atoms with van der Waals surface area (Å²) in [7, 11) is 0. The molecule has 0 amide bonds. The van der Waals surface area contributed by atoms with E-state index >= 15 is 0 Å². The van der Waals surface area contributed by atoms with Gasteiger partial charge in [-0.2, -0.15) is 8.78 Å². The lowest BCUT2D eigenvalue weighted by Crippen LogP contribution is -2.33. The van der Waals surface area contributed by atoms with E-state index in [1.165, 1.54) is 22.9 Å². The number of hydrogen-bond donors (Lipinski definition) is 2. The summed E-state index contributed by atoms with van der Waals surface area (Å²) in [6.45, 7) is 2.92. The highest BCUT2D eigenvalue weighted by Crippen LogP contribution is 2.28. The van der Waals surface area contributed by atoms with Gasteiger partial charge in [0.15, 0.2) is 5.82 Å². The maximum absolute atomic E-state index is 14.5. The second-order valence-corrected chi connectivity index (χ2v) is 6.78. The quantitative estimate of drug-likeness (QED) is 0.632. The van der Waals surface area contributed by atoms with Crippen molar-refractivity contribution in [1.29, 1.82) is 0 Å². The SMILES string of the molecule is CCC(c1cnccc1N)n1c(C)cnc(NCC(F)(F)c2ccccc2)c1=O. The Morgan fingerprint density at radius 2 is 1.93 bits per heavy atom. The number of benzene rings is 1. The first-order valence-electron chi connectivity index (χ1n) is 9.30. The molecule has 3 rings (SSSR count). The van der Waals surface area contributed by atoms with Crippen molar-refractivity contribution < 1.29 is 8.78 Å². The van der Waals surface area contributed by atoms with E-state index in [0.29, 0.717) is 23.4 Å². The summed E-state index contributed by atoms with van der Waals surface area (Å²) >= 11 is 0. The fraction of sp³-hybridized carbons (Fsp3) is 0.286. The summed E-state index contributed by atoms with van der Waals surface area (Å²) in [5.41, 5.74) is 7.27. The number of nitrogens with zero attached hydrogens (tertiary/aromatic N) is 3. The summed E-state index contributed by atoms with van der Waals surface area (Å²) < 4.78 is 30.5. The van der Waals surface area contributed by atoms with Crippen molar-refractivity contribution in [1.82, 2.24) is 14.5 Å². The van der Waals surface area contributed by atoms with E-state index < -0.39 is 18.0 Å². The zero-order chi connectivity index (χ0) is 21.0. The number of aryl methyl sites for hydroxylation is 1. The number of anilines is 2. The second-order valence-electron chi connectivity index (χ2n) is 6.78. The maximum atomic E-state index is 14.5. The molecule has 1 unspecified atom stereocenters. The van der Waals surface area contributed by atoms with Crippen molar-refractivity contribution in [2.24, 2.45) is 0 Å². The molecule has 8 heteroatoms. The first-order valence-corrected chi connectivity index (χ1v) is 9.30. The van der Waals surface area contributed by atoms with E-state index in [-0.39, 0.29) is 17.4 Å². The van der Waals surface area contributed by atoms with Crippen molar-refractivity contribution >= 4 is 11.5 Å². The Morgan fingerprint density at radius 3 is 2.59 bits per heavy atom. The van der Waals surface area contributed by atoms with Gasteiger partial charge in [-0.05, 0) is 19.4 Å². The van der Waals surface area contributed by atoms with E-state index in [1.54, 1.807) is 43.6 Å². The number of pyridine rings is 1. The summed E-state index contributed by atoms with van der Waals surface area (Å²) in [6.07, 6.45) is 5.25. The van der Waals surface area contributed by atoms with Crippen molar-refractivity contribution in [3.8, 4) is 0 Å². The standard InChI is InChI=1S/C21H23F2N5O/c1-3-18(16-12-25-10-9-17(16)24)28-14(2)11-26-19(20(28)29)27-13-21(22,23)15-7-5-4-6-8-15/h4-12,18H,3,13H2,1-2H3,(H2,24,25)(H,26,27). The lowest BCUT2D eigenvalue weighted by atomic mass is 10.0. The topological polar surface area (TPSA) is 85.8 Å². The van der Waals surface area contributed by atoms with Crippen LogP contribution in [0.25, 0.3) is 0 Å². The third-order valence-electron chi connectivity index (χ3n) is 4.80. The van der Waals surface area contributed by atoms with Gasteiger partial charge in [-0.15, -0.1) is 0 Å². The average molecular weight is 399 g/mol. The van der Waals surface area contributed by atoms with Crippen molar-refractivity contribution in [2.75, 3.05) is 17.6 Å². The third kappa shape index (κ3) is 4.26. The molecule has 3 N–H and O–H groups in total. The number of halogens is 2. The zero-order valence-electron chi connectivity index (χ0n) is 16.3. The smallest absolute Gasteiger partial charge is 0.294 e. The lowest BCUT2D eigenvalue weighted by molar-refractivity contribution is 0.0105. The molecule has 0 saturated carbocycles. The zero-order valence-corrected chi connectivity index (χ0v) is 16.3. The minimum absolute atomic E-state index is 0.130. The highest BCUT2D eigenvalue weighted by molar-refractivity contribution is 5.47. The van der Waals surface area contributed by atoms with Gasteiger partial charge in [-0.1, -0.05) is 37.3 Å². The molecule has 0 aliphatic rings. The van der Waals surface area contributed by atoms with Gasteiger partial charge in [0.25, 0.3) is 11.5 Å². The highest BCUT2D eigenvalue weighted by Gasteiger charge is 2.31. The Balaban J connectivity index is 1.93. The number of alkyl halides is 2. The van der Waals surface area contributed by atoms with Crippen molar-refractivity contribution in [3.05, 3.63) is 82.2 Å². The second kappa shape index (κ2) is 8.38. The predicted molar refractivity (Wildman–Crippen MR) is 109 cm³/mol. The lowest BCUT2D eigenvalue weighted by Gasteiger charge is -2.23. The van der Waals surface area contributed by atoms with E-state index in [1.807, 2.05) is 6.92 Å². The number of hydrogen-bond acceptors (Lipinski definition) is 5. The molecular formula is C21H23F2N5O. The van der Waals surface area contributed by atoms with Crippen LogP contribution in [-0.2, 0) is 5.92 Å². The molecule has 1 aromatic carbocycles. The molecule has 0 spiro atoms. The van der Waals surface area contributed by atoms with Crippen LogP contribution in [0.4, 0.5) is 20.3 Å². The molecule has 0 aliphatic heterocycles. The van der Waals surface area contributed by atoms with Crippen LogP contribution in [0.2, 0.25) is 0 Å². The van der Waals surface area contributed by atoms with E-state index in [2.05, 4.69) is 15.3 Å². The van der Waals surface area contributed by atoms with Gasteiger partial charge in [-0.3, -0.25) is 9.78 Å². The van der Waals surface area contributed by atoms with Crippen LogP contribution >= 0.6 is 0 Å². The van der Waals surface area contributed by atoms with Gasteiger partial charge in [0, 0.05) is 41.1 Å². The Kier molecular flexibility index (Phi) is 5.91. The Hall–Kier alpha value is -3.29. The Bertz CT molecular complexity index is 1040. The maximum Gasteiger partial charge on any atom is 0.294 e. The van der Waals surface area contributed by atoms with Crippen LogP contribution in [0.1, 0.15) is 36.2 Å². The molecule has 6 nitrogen and oxygen atoms in total. The molecule has 0 aliphatic carbocycles. The van der Waals surface area contributed by atoms with Crippen LogP contribution in [-0.4, -0.2) is 21.1 Å². The Labute approximate surface area is 167 Å². The average Bonchev–Trinajstić information content (AvgIpc) is 2.72. The molecule has 2 aromatic heterocycles. The van der Waals surface area contributed by atoms with Crippen LogP contribution in [0.15, 0.2) is 59.8 Å². The van der Waals surface area contributed by atoms with Gasteiger partial charge in [-0.25, -0.2) is 4.98 Å². The van der Waals surface area contributed by atoms with Crippen molar-refractivity contribution in [2.45, 2.75) is 32.2 Å². The van der Waals surface area contributed by atoms with Gasteiger partial charge < -0.3 is 15.6 Å². The van der Waals surface area contributed by atoms with Gasteiger partial charge in [0.1, 0.15) is 0 Å². The minimum Gasteiger partial charge on any atom is -0.398 e. The monoisotopic (exact) mass is 399 g/mol. The van der Waals surface area contributed by atoms with Crippen LogP contribution in [0.5, 0.6) is 0 Å². The fourth-order valence-electron chi connectivity index (χ4n) is 3.27. The third-order valence-corrected chi connectivity index (χ3v) is 4.80. The van der Waals surface area contributed by atoms with Crippen LogP contribution in [0.3, 0.4) is 0 Å². The molecule has 152 valence electrons. The normalized spacial score (nSPS) is 12.6. The van der Waals surface area contributed by atoms with Crippen molar-refractivity contribution in [3.63, 3.8) is 0 Å². The molecule has 0 radical (unpaired) electrons. The van der Waals surface area contributed by atoms with E-state index in [4.69, 9.17) is 5.73 Å². The van der Waals surface area contributed by atoms with Gasteiger partial charge in [0.2, 0.25) is 0 Å². The molecule has 1 atom stereocenters. The highest BCUT2D eigenvalue weighted by atomic mass is 19.3. The minimum atomic E-state index is -3.15. The molecule has 3 aromatic rings. The first-order chi connectivity index (χ1) is 13.8. The van der Waals surface area contributed by atoms with Crippen LogP contribution in [0, 0.1) is 6.92 Å². The number of nitrogens with one attached hydrogen (secondary N) is 1. The number of rotatable bonds is 7. The summed E-state index contributed by atoms with van der Waals surface area (Å²) in [4.78, 5) is 21.2. The predicted octanol–water partition coefficient (Wildman–Crippen LogP) is 3.73. The largest absolute Gasteiger partial charge is 0.398 e. The molecule has 2 heterocycles. The van der Waals surface area contributed by atoms with Gasteiger partial charge >= 0.3 is 0 Å². The molecule has 29 heavy (non-hydrogen) atoms. The number of aromatic nitrogens is 3. The molecule has 0 saturated heterocycles. The fourth-order valence-corrected chi connectivity index (χ4v) is 3.27. The Morgan fingerprint density at radius 1 is 1.21 bits per heavy atom. The molecular weight excluding hydrogens is 376 g/mol. The van der Waals surface area contributed by atoms with Gasteiger partial charge in [0.05, 0.1) is 12.6 Å².